The number of ether oxygens (including phenoxy) is 1. The van der Waals surface area contributed by atoms with E-state index in [9.17, 15) is 4.79 Å². The molecule has 2 bridgehead atoms. The Morgan fingerprint density at radius 3 is 2.68 bits per heavy atom. The fourth-order valence-electron chi connectivity index (χ4n) is 5.32. The summed E-state index contributed by atoms with van der Waals surface area (Å²) in [4.78, 5) is 22.4. The van der Waals surface area contributed by atoms with Crippen LogP contribution in [0.25, 0.3) is 0 Å². The summed E-state index contributed by atoms with van der Waals surface area (Å²) in [6.45, 7) is 2.32. The van der Waals surface area contributed by atoms with Crippen LogP contribution in [0, 0.1) is 23.7 Å². The van der Waals surface area contributed by atoms with Gasteiger partial charge in [-0.25, -0.2) is 0 Å². The first-order chi connectivity index (χ1) is 10.5. The smallest absolute Gasteiger partial charge is 0.303 e. The van der Waals surface area contributed by atoms with E-state index in [1.807, 2.05) is 0 Å². The molecule has 5 heteroatoms. The molecule has 4 rings (SSSR count). The first kappa shape index (κ1) is 14.9. The van der Waals surface area contributed by atoms with Gasteiger partial charge in [-0.05, 0) is 49.9 Å². The molecule has 0 amide bonds. The number of fused-ring (bicyclic) bond motifs is 3. The van der Waals surface area contributed by atoms with Crippen molar-refractivity contribution in [1.82, 2.24) is 0 Å². The third-order valence-electron chi connectivity index (χ3n) is 6.26. The van der Waals surface area contributed by atoms with E-state index in [4.69, 9.17) is 19.6 Å². The Bertz CT molecular complexity index is 456. The monoisotopic (exact) mass is 310 g/mol. The fourth-order valence-corrected chi connectivity index (χ4v) is 5.32. The molecule has 4 atom stereocenters. The highest BCUT2D eigenvalue weighted by atomic mass is 17.3. The topological polar surface area (TPSA) is 65.0 Å². The lowest BCUT2D eigenvalue weighted by molar-refractivity contribution is -0.360. The van der Waals surface area contributed by atoms with E-state index >= 15 is 0 Å². The van der Waals surface area contributed by atoms with E-state index in [0.29, 0.717) is 11.8 Å². The zero-order valence-electron chi connectivity index (χ0n) is 13.3. The average Bonchev–Trinajstić information content (AvgIpc) is 2.92. The zero-order chi connectivity index (χ0) is 15.4. The second-order valence-electron chi connectivity index (χ2n) is 8.11. The molecule has 4 aliphatic rings. The third-order valence-corrected chi connectivity index (χ3v) is 6.26. The highest BCUT2D eigenvalue weighted by molar-refractivity contribution is 5.67. The number of carboxylic acid groups (broad SMARTS) is 1. The van der Waals surface area contributed by atoms with Crippen molar-refractivity contribution >= 4 is 5.97 Å². The Hall–Kier alpha value is -0.650. The number of carboxylic acids is 1. The molecular weight excluding hydrogens is 284 g/mol. The zero-order valence-corrected chi connectivity index (χ0v) is 13.3. The van der Waals surface area contributed by atoms with Crippen molar-refractivity contribution in [2.75, 3.05) is 0 Å². The van der Waals surface area contributed by atoms with Crippen LogP contribution in [-0.4, -0.2) is 22.7 Å². The second kappa shape index (κ2) is 5.18. The van der Waals surface area contributed by atoms with Gasteiger partial charge in [-0.3, -0.25) is 4.79 Å². The maximum Gasteiger partial charge on any atom is 0.303 e. The van der Waals surface area contributed by atoms with Gasteiger partial charge in [0.15, 0.2) is 0 Å². The van der Waals surface area contributed by atoms with E-state index in [1.54, 1.807) is 0 Å². The van der Waals surface area contributed by atoms with Gasteiger partial charge in [0.2, 0.25) is 11.6 Å². The largest absolute Gasteiger partial charge is 0.481 e. The molecule has 0 aromatic carbocycles. The molecule has 0 radical (unpaired) electrons. The van der Waals surface area contributed by atoms with Gasteiger partial charge in [0.1, 0.15) is 0 Å². The Balaban J connectivity index is 1.42. The quantitative estimate of drug-likeness (QED) is 0.791. The van der Waals surface area contributed by atoms with E-state index < -0.39 is 17.5 Å². The van der Waals surface area contributed by atoms with Crippen molar-refractivity contribution in [3.63, 3.8) is 0 Å². The average molecular weight is 310 g/mol. The number of hydrogen-bond donors (Lipinski definition) is 1. The molecule has 22 heavy (non-hydrogen) atoms. The molecule has 3 saturated carbocycles. The second-order valence-corrected chi connectivity index (χ2v) is 8.11. The standard InChI is InChI=1S/C17H26O5/c1-11-6-13-8-14(7-11)17(10-13)20-16(21-22-17)4-2-12(3-5-16)9-15(18)19/h11-14H,2-10H2,1H3,(H,18,19). The van der Waals surface area contributed by atoms with Gasteiger partial charge in [-0.1, -0.05) is 6.92 Å². The lowest BCUT2D eigenvalue weighted by Gasteiger charge is -2.35. The van der Waals surface area contributed by atoms with Gasteiger partial charge in [-0.2, -0.15) is 9.78 Å². The first-order valence-electron chi connectivity index (χ1n) is 8.77. The van der Waals surface area contributed by atoms with Gasteiger partial charge in [0.25, 0.3) is 0 Å². The van der Waals surface area contributed by atoms with E-state index in [2.05, 4.69) is 6.92 Å². The predicted octanol–water partition coefficient (Wildman–Crippen LogP) is 3.48. The molecule has 1 aliphatic heterocycles. The van der Waals surface area contributed by atoms with Gasteiger partial charge in [0, 0.05) is 31.6 Å². The molecule has 0 aromatic rings. The third kappa shape index (κ3) is 2.47. The number of aliphatic carboxylic acids is 1. The molecule has 1 heterocycles. The first-order valence-corrected chi connectivity index (χ1v) is 8.77. The normalized spacial score (nSPS) is 50.8. The van der Waals surface area contributed by atoms with E-state index in [-0.39, 0.29) is 12.3 Å². The summed E-state index contributed by atoms with van der Waals surface area (Å²) in [6.07, 6.45) is 8.04. The van der Waals surface area contributed by atoms with Crippen LogP contribution in [0.3, 0.4) is 0 Å². The molecule has 0 aromatic heterocycles. The van der Waals surface area contributed by atoms with Crippen LogP contribution in [0.15, 0.2) is 0 Å². The van der Waals surface area contributed by atoms with Crippen molar-refractivity contribution in [1.29, 1.82) is 0 Å². The van der Waals surface area contributed by atoms with Crippen LogP contribution >= 0.6 is 0 Å². The fraction of sp³-hybridized carbons (Fsp3) is 0.941. The Labute approximate surface area is 131 Å². The maximum atomic E-state index is 10.9. The number of hydrogen-bond acceptors (Lipinski definition) is 4. The summed E-state index contributed by atoms with van der Waals surface area (Å²) in [7, 11) is 0. The molecule has 1 saturated heterocycles. The Morgan fingerprint density at radius 2 is 1.95 bits per heavy atom. The van der Waals surface area contributed by atoms with Crippen LogP contribution in [0.1, 0.15) is 64.7 Å². The van der Waals surface area contributed by atoms with Crippen molar-refractivity contribution in [2.24, 2.45) is 23.7 Å². The predicted molar refractivity (Wildman–Crippen MR) is 77.5 cm³/mol. The Kier molecular flexibility index (Phi) is 3.51. The molecule has 4 fully saturated rings. The minimum Gasteiger partial charge on any atom is -0.481 e. The maximum absolute atomic E-state index is 10.9. The van der Waals surface area contributed by atoms with Crippen LogP contribution < -0.4 is 0 Å². The molecule has 4 unspecified atom stereocenters. The molecule has 5 nitrogen and oxygen atoms in total. The molecule has 3 aliphatic carbocycles. The van der Waals surface area contributed by atoms with Gasteiger partial charge in [-0.15, -0.1) is 0 Å². The number of carbonyl (C=O) groups is 1. The van der Waals surface area contributed by atoms with Crippen molar-refractivity contribution in [2.45, 2.75) is 76.3 Å². The summed E-state index contributed by atoms with van der Waals surface area (Å²) in [5.74, 6) is 0.312. The molecule has 124 valence electrons. The SMILES string of the molecule is CC1CC2CC(C1)C1(C2)OOC2(CCC(CC(=O)O)CC2)O1. The van der Waals surface area contributed by atoms with Gasteiger partial charge in [0.05, 0.1) is 0 Å². The highest BCUT2D eigenvalue weighted by Crippen LogP contribution is 2.58. The highest BCUT2D eigenvalue weighted by Gasteiger charge is 2.62. The van der Waals surface area contributed by atoms with Crippen LogP contribution in [0.2, 0.25) is 0 Å². The summed E-state index contributed by atoms with van der Waals surface area (Å²) in [5, 5.41) is 8.93. The molecule has 1 N–H and O–H groups in total. The molecule has 2 spiro atoms. The van der Waals surface area contributed by atoms with Gasteiger partial charge >= 0.3 is 5.97 Å². The summed E-state index contributed by atoms with van der Waals surface area (Å²) in [5.41, 5.74) is 0. The van der Waals surface area contributed by atoms with Crippen molar-refractivity contribution in [3.8, 4) is 0 Å². The van der Waals surface area contributed by atoms with Crippen LogP contribution in [0.5, 0.6) is 0 Å². The summed E-state index contributed by atoms with van der Waals surface area (Å²) >= 11 is 0. The summed E-state index contributed by atoms with van der Waals surface area (Å²) in [6, 6.07) is 0. The molecular formula is C17H26O5. The minimum atomic E-state index is -0.708. The summed E-state index contributed by atoms with van der Waals surface area (Å²) < 4.78 is 6.46. The van der Waals surface area contributed by atoms with Crippen molar-refractivity contribution in [3.05, 3.63) is 0 Å². The van der Waals surface area contributed by atoms with Gasteiger partial charge < -0.3 is 9.84 Å². The van der Waals surface area contributed by atoms with Crippen molar-refractivity contribution < 1.29 is 24.4 Å². The number of rotatable bonds is 2. The Morgan fingerprint density at radius 1 is 1.18 bits per heavy atom. The van der Waals surface area contributed by atoms with Crippen LogP contribution in [0.4, 0.5) is 0 Å². The van der Waals surface area contributed by atoms with E-state index in [1.165, 1.54) is 12.8 Å². The lowest BCUT2D eigenvalue weighted by atomic mass is 9.81. The van der Waals surface area contributed by atoms with Crippen LogP contribution in [-0.2, 0) is 19.3 Å². The van der Waals surface area contributed by atoms with E-state index in [0.717, 1.165) is 44.4 Å². The minimum absolute atomic E-state index is 0.245. The lowest BCUT2D eigenvalue weighted by Crippen LogP contribution is -2.41.